The van der Waals surface area contributed by atoms with Crippen LogP contribution in [0.25, 0.3) is 11.0 Å². The summed E-state index contributed by atoms with van der Waals surface area (Å²) in [5, 5.41) is 12.9. The number of anilines is 1. The first kappa shape index (κ1) is 39.2. The quantitative estimate of drug-likeness (QED) is 0.0761. The third-order valence-corrected chi connectivity index (χ3v) is 9.37. The molecule has 3 aromatic rings. The zero-order chi connectivity index (χ0) is 36.4. The lowest BCUT2D eigenvalue weighted by atomic mass is 10.1. The number of hydrogen-bond acceptors (Lipinski definition) is 11. The number of nitrogens with one attached hydrogen (secondary N) is 1. The van der Waals surface area contributed by atoms with E-state index in [0.29, 0.717) is 41.6 Å². The van der Waals surface area contributed by atoms with Crippen molar-refractivity contribution in [2.45, 2.75) is 58.2 Å². The molecule has 1 aliphatic carbocycles. The molecule has 1 aromatic carbocycles. The fourth-order valence-corrected chi connectivity index (χ4v) is 6.64. The molecule has 1 aliphatic heterocycles. The number of alkyl halides is 3. The van der Waals surface area contributed by atoms with Gasteiger partial charge in [-0.3, -0.25) is 9.80 Å². The van der Waals surface area contributed by atoms with Crippen LogP contribution < -0.4 is 20.5 Å². The molecular formula is C33H41ClF3N6O6P. The Balaban J connectivity index is 0.00000276. The molecule has 0 amide bonds. The van der Waals surface area contributed by atoms with Crippen LogP contribution in [0.3, 0.4) is 0 Å². The maximum absolute atomic E-state index is 13.6. The Bertz CT molecular complexity index is 1670. The zero-order valence-corrected chi connectivity index (χ0v) is 29.7. The van der Waals surface area contributed by atoms with Gasteiger partial charge in [-0.15, -0.1) is 0 Å². The van der Waals surface area contributed by atoms with Gasteiger partial charge in [0.2, 0.25) is 0 Å². The van der Waals surface area contributed by atoms with Crippen molar-refractivity contribution in [3.63, 3.8) is 0 Å². The molecular weight excluding hydrogens is 700 g/mol. The molecule has 17 heteroatoms. The van der Waals surface area contributed by atoms with Gasteiger partial charge in [0.05, 0.1) is 23.7 Å². The number of esters is 1. The van der Waals surface area contributed by atoms with E-state index in [4.69, 9.17) is 41.1 Å². The molecule has 2 aliphatic rings. The number of benzene rings is 1. The number of hydrogen-bond donors (Lipinski definition) is 3. The van der Waals surface area contributed by atoms with Crippen LogP contribution in [-0.4, -0.2) is 70.8 Å². The molecule has 50 heavy (non-hydrogen) atoms. The summed E-state index contributed by atoms with van der Waals surface area (Å²) in [5.41, 5.74) is -0.301. The molecule has 0 bridgehead atoms. The third-order valence-electron chi connectivity index (χ3n) is 7.76. The maximum atomic E-state index is 13.6. The first-order chi connectivity index (χ1) is 23.9. The van der Waals surface area contributed by atoms with Gasteiger partial charge in [-0.2, -0.15) is 13.2 Å². The predicted molar refractivity (Wildman–Crippen MR) is 185 cm³/mol. The van der Waals surface area contributed by atoms with Crippen LogP contribution in [0.4, 0.5) is 19.0 Å². The molecule has 1 fully saturated rings. The Kier molecular flexibility index (Phi) is 14.2. The summed E-state index contributed by atoms with van der Waals surface area (Å²) in [7, 11) is -0.945. The van der Waals surface area contributed by atoms with Crippen LogP contribution in [0, 0.1) is 5.92 Å². The fraction of sp³-hybridized carbons (Fsp3) is 0.424. The van der Waals surface area contributed by atoms with Gasteiger partial charge in [0, 0.05) is 36.4 Å². The largest absolute Gasteiger partial charge is 0.460 e. The average Bonchev–Trinajstić information content (AvgIpc) is 3.60. The SMILES string of the molecule is CCN(N)c1ncnc2c1ccn2C1OC(COP(NC(C)C(=O)OCC2=C(C(F)(F)F)C=CCC=C2)Oc2ccc(Cl)cc2)CC1C.CO. The Morgan fingerprint density at radius 2 is 1.94 bits per heavy atom. The molecule has 0 spiro atoms. The van der Waals surface area contributed by atoms with Crippen molar-refractivity contribution in [3.05, 3.63) is 83.3 Å². The van der Waals surface area contributed by atoms with Gasteiger partial charge in [0.15, 0.2) is 5.82 Å². The van der Waals surface area contributed by atoms with Crippen molar-refractivity contribution in [1.82, 2.24) is 19.6 Å². The summed E-state index contributed by atoms with van der Waals surface area (Å²) in [6.07, 6.45) is 4.44. The number of aliphatic hydroxyl groups excluding tert-OH is 1. The number of carbonyl (C=O) groups excluding carboxylic acids is 1. The summed E-state index contributed by atoms with van der Waals surface area (Å²) in [4.78, 5) is 21.7. The smallest absolute Gasteiger partial charge is 0.416 e. The summed E-state index contributed by atoms with van der Waals surface area (Å²) >= 11 is 6.03. The Morgan fingerprint density at radius 3 is 2.64 bits per heavy atom. The van der Waals surface area contributed by atoms with Crippen LogP contribution in [0.15, 0.2) is 78.3 Å². The minimum atomic E-state index is -4.59. The van der Waals surface area contributed by atoms with E-state index < -0.39 is 38.9 Å². The number of hydrazine groups is 1. The summed E-state index contributed by atoms with van der Waals surface area (Å²) in [6, 6.07) is 7.53. The molecule has 0 radical (unpaired) electrons. The number of allylic oxidation sites excluding steroid dienone is 4. The highest BCUT2D eigenvalue weighted by molar-refractivity contribution is 7.45. The monoisotopic (exact) mass is 740 g/mol. The minimum absolute atomic E-state index is 0.0989. The van der Waals surface area contributed by atoms with E-state index >= 15 is 0 Å². The van der Waals surface area contributed by atoms with Gasteiger partial charge in [-0.25, -0.2) is 20.9 Å². The molecule has 5 rings (SSSR count). The number of nitrogens with zero attached hydrogens (tertiary/aromatic N) is 4. The van der Waals surface area contributed by atoms with Gasteiger partial charge in [0.1, 0.15) is 36.6 Å². The average molecular weight is 741 g/mol. The van der Waals surface area contributed by atoms with Gasteiger partial charge < -0.3 is 28.2 Å². The summed E-state index contributed by atoms with van der Waals surface area (Å²) in [5.74, 6) is 6.50. The van der Waals surface area contributed by atoms with E-state index in [2.05, 4.69) is 22.0 Å². The molecule has 5 atom stereocenters. The third kappa shape index (κ3) is 10.0. The van der Waals surface area contributed by atoms with Crippen molar-refractivity contribution in [3.8, 4) is 5.75 Å². The van der Waals surface area contributed by atoms with Gasteiger partial charge in [-0.05, 0) is 57.0 Å². The Hall–Kier alpha value is -3.56. The Morgan fingerprint density at radius 1 is 1.22 bits per heavy atom. The van der Waals surface area contributed by atoms with Crippen molar-refractivity contribution in [2.75, 3.05) is 31.9 Å². The van der Waals surface area contributed by atoms with Crippen molar-refractivity contribution in [2.24, 2.45) is 11.8 Å². The number of rotatable bonds is 13. The topological polar surface area (TPSA) is 146 Å². The van der Waals surface area contributed by atoms with E-state index in [1.54, 1.807) is 35.4 Å². The predicted octanol–water partition coefficient (Wildman–Crippen LogP) is 6.54. The first-order valence-corrected chi connectivity index (χ1v) is 17.4. The normalized spacial score (nSPS) is 20.2. The molecule has 12 nitrogen and oxygen atoms in total. The molecule has 4 N–H and O–H groups in total. The highest BCUT2D eigenvalue weighted by Crippen LogP contribution is 2.41. The van der Waals surface area contributed by atoms with Crippen LogP contribution in [-0.2, 0) is 18.8 Å². The lowest BCUT2D eigenvalue weighted by molar-refractivity contribution is -0.144. The number of halogens is 4. The van der Waals surface area contributed by atoms with Crippen LogP contribution in [0.5, 0.6) is 5.75 Å². The van der Waals surface area contributed by atoms with Crippen LogP contribution in [0.2, 0.25) is 5.02 Å². The van der Waals surface area contributed by atoms with E-state index in [-0.39, 0.29) is 30.4 Å². The Labute approximate surface area is 294 Å². The van der Waals surface area contributed by atoms with Crippen LogP contribution >= 0.6 is 20.1 Å². The fourth-order valence-electron chi connectivity index (χ4n) is 5.30. The molecule has 2 aromatic heterocycles. The van der Waals surface area contributed by atoms with Gasteiger partial charge in [0.25, 0.3) is 0 Å². The van der Waals surface area contributed by atoms with Crippen molar-refractivity contribution < 1.29 is 41.6 Å². The highest BCUT2D eigenvalue weighted by atomic mass is 35.5. The standard InChI is InChI=1S/C32H37ClF3N6O5P.CH4O/c1-4-42(37)29-26-14-15-41(28(26)38-19-39-29)30-20(2)16-25(46-30)18-45-48(47-24-12-10-23(33)11-13-24)40-21(3)31(43)44-17-22-8-6-5-7-9-27(22)32(34,35)36;1-2/h6-15,19-21,25,30,40H,4-5,16-18,37H2,1-3H3;2H,1H3. The van der Waals surface area contributed by atoms with Crippen molar-refractivity contribution >= 4 is 42.9 Å². The number of ether oxygens (including phenoxy) is 2. The molecule has 272 valence electrons. The second-order valence-corrected chi connectivity index (χ2v) is 13.0. The number of aliphatic hydroxyl groups is 1. The first-order valence-electron chi connectivity index (χ1n) is 15.8. The van der Waals surface area contributed by atoms with E-state index in [0.717, 1.165) is 18.6 Å². The maximum Gasteiger partial charge on any atom is 0.416 e. The second kappa shape index (κ2) is 18.1. The van der Waals surface area contributed by atoms with Gasteiger partial charge in [-0.1, -0.05) is 42.8 Å². The number of fused-ring (bicyclic) bond motifs is 1. The lowest BCUT2D eigenvalue weighted by Crippen LogP contribution is -2.34. The molecule has 5 unspecified atom stereocenters. The van der Waals surface area contributed by atoms with Gasteiger partial charge >= 0.3 is 20.7 Å². The molecule has 3 heterocycles. The van der Waals surface area contributed by atoms with E-state index in [1.807, 2.05) is 23.8 Å². The van der Waals surface area contributed by atoms with E-state index in [9.17, 15) is 18.0 Å². The van der Waals surface area contributed by atoms with Crippen molar-refractivity contribution in [1.29, 1.82) is 0 Å². The number of aromatic nitrogens is 3. The highest BCUT2D eigenvalue weighted by Gasteiger charge is 2.37. The molecule has 0 saturated carbocycles. The molecule has 1 saturated heterocycles. The van der Waals surface area contributed by atoms with Crippen LogP contribution in [0.1, 0.15) is 39.8 Å². The lowest BCUT2D eigenvalue weighted by Gasteiger charge is -2.23. The van der Waals surface area contributed by atoms with E-state index in [1.165, 1.54) is 25.4 Å². The summed E-state index contributed by atoms with van der Waals surface area (Å²) < 4.78 is 66.6. The number of carbonyl (C=O) groups is 1. The summed E-state index contributed by atoms with van der Waals surface area (Å²) in [6.45, 7) is 5.67. The zero-order valence-electron chi connectivity index (χ0n) is 28.0. The number of nitrogens with two attached hydrogens (primary N) is 1. The second-order valence-electron chi connectivity index (χ2n) is 11.3. The minimum Gasteiger partial charge on any atom is -0.460 e.